The molecule has 7 heteroatoms. The highest BCUT2D eigenvalue weighted by atomic mass is 19.1. The van der Waals surface area contributed by atoms with Crippen molar-refractivity contribution in [1.82, 2.24) is 24.1 Å². The number of pyridine rings is 2. The summed E-state index contributed by atoms with van der Waals surface area (Å²) in [6.45, 7) is 3.46. The van der Waals surface area contributed by atoms with E-state index in [1.165, 1.54) is 5.56 Å². The Bertz CT molecular complexity index is 1460. The van der Waals surface area contributed by atoms with Crippen molar-refractivity contribution in [3.63, 3.8) is 0 Å². The predicted octanol–water partition coefficient (Wildman–Crippen LogP) is 5.45. The fourth-order valence-corrected chi connectivity index (χ4v) is 5.51. The lowest BCUT2D eigenvalue weighted by molar-refractivity contribution is 0.0553. The molecule has 4 aromatic heterocycles. The van der Waals surface area contributed by atoms with E-state index in [4.69, 9.17) is 9.72 Å². The van der Waals surface area contributed by atoms with Crippen molar-refractivity contribution in [3.05, 3.63) is 78.4 Å². The molecule has 0 saturated carbocycles. The average Bonchev–Trinajstić information content (AvgIpc) is 3.37. The Kier molecular flexibility index (Phi) is 5.14. The standard InChI is InChI=1S/C27H26FN5O/c1-17-25(32(2)16-31-17)20-14-22-24(30-15-20)23-21(8-11-29-27(23)28)33(22)26(18-6-4-3-5-7-18)19-9-12-34-13-10-19/h3-8,11,14-16,19,26H,9-10,12-13H2,1-2H3/t26-/m1/s1. The average molecular weight is 456 g/mol. The molecule has 6 rings (SSSR count). The molecular weight excluding hydrogens is 429 g/mol. The van der Waals surface area contributed by atoms with Gasteiger partial charge in [-0.15, -0.1) is 0 Å². The van der Waals surface area contributed by atoms with Crippen LogP contribution in [0.25, 0.3) is 33.2 Å². The van der Waals surface area contributed by atoms with Crippen LogP contribution < -0.4 is 0 Å². The third-order valence-electron chi connectivity index (χ3n) is 7.03. The van der Waals surface area contributed by atoms with E-state index in [9.17, 15) is 0 Å². The van der Waals surface area contributed by atoms with Crippen LogP contribution in [0.15, 0.2) is 61.2 Å². The summed E-state index contributed by atoms with van der Waals surface area (Å²) in [5.41, 5.74) is 6.45. The third-order valence-corrected chi connectivity index (χ3v) is 7.03. The van der Waals surface area contributed by atoms with E-state index in [1.807, 2.05) is 43.2 Å². The summed E-state index contributed by atoms with van der Waals surface area (Å²) in [4.78, 5) is 13.2. The molecule has 0 amide bonds. The first kappa shape index (κ1) is 21.0. The number of aryl methyl sites for hydroxylation is 2. The van der Waals surface area contributed by atoms with E-state index >= 15 is 4.39 Å². The first-order chi connectivity index (χ1) is 16.6. The number of fused-ring (bicyclic) bond motifs is 3. The molecule has 0 spiro atoms. The lowest BCUT2D eigenvalue weighted by Crippen LogP contribution is -2.26. The van der Waals surface area contributed by atoms with Crippen molar-refractivity contribution < 1.29 is 9.13 Å². The summed E-state index contributed by atoms with van der Waals surface area (Å²) in [7, 11) is 1.98. The minimum absolute atomic E-state index is 0.0246. The zero-order chi connectivity index (χ0) is 23.2. The molecule has 0 bridgehead atoms. The molecule has 6 nitrogen and oxygen atoms in total. The van der Waals surface area contributed by atoms with Crippen LogP contribution in [0.2, 0.25) is 0 Å². The molecule has 34 heavy (non-hydrogen) atoms. The second-order valence-corrected chi connectivity index (χ2v) is 9.05. The van der Waals surface area contributed by atoms with Gasteiger partial charge < -0.3 is 13.9 Å². The smallest absolute Gasteiger partial charge is 0.224 e. The molecule has 1 fully saturated rings. The minimum Gasteiger partial charge on any atom is -0.381 e. The monoisotopic (exact) mass is 455 g/mol. The number of benzene rings is 1. The molecule has 172 valence electrons. The van der Waals surface area contributed by atoms with Crippen molar-refractivity contribution in [2.75, 3.05) is 13.2 Å². The third kappa shape index (κ3) is 3.30. The number of halogens is 1. The van der Waals surface area contributed by atoms with Crippen LogP contribution in [0.3, 0.4) is 0 Å². The molecule has 0 unspecified atom stereocenters. The summed E-state index contributed by atoms with van der Waals surface area (Å²) in [6, 6.07) is 14.6. The van der Waals surface area contributed by atoms with Crippen LogP contribution in [0, 0.1) is 18.8 Å². The lowest BCUT2D eigenvalue weighted by Gasteiger charge is -2.33. The maximum Gasteiger partial charge on any atom is 0.224 e. The molecule has 1 aromatic carbocycles. The van der Waals surface area contributed by atoms with Gasteiger partial charge in [0.25, 0.3) is 0 Å². The Morgan fingerprint density at radius 2 is 1.82 bits per heavy atom. The Balaban J connectivity index is 1.68. The highest BCUT2D eigenvalue weighted by Crippen LogP contribution is 2.41. The molecule has 5 aromatic rings. The number of aromatic nitrogens is 5. The molecule has 1 saturated heterocycles. The van der Waals surface area contributed by atoms with Crippen molar-refractivity contribution in [1.29, 1.82) is 0 Å². The van der Waals surface area contributed by atoms with E-state index in [-0.39, 0.29) is 6.04 Å². The van der Waals surface area contributed by atoms with Crippen molar-refractivity contribution in [3.8, 4) is 11.3 Å². The number of hydrogen-bond acceptors (Lipinski definition) is 4. The zero-order valence-corrected chi connectivity index (χ0v) is 19.3. The van der Waals surface area contributed by atoms with Gasteiger partial charge in [-0.1, -0.05) is 30.3 Å². The second-order valence-electron chi connectivity index (χ2n) is 9.05. The molecular formula is C27H26FN5O. The maximum absolute atomic E-state index is 15.1. The van der Waals surface area contributed by atoms with Gasteiger partial charge in [0.15, 0.2) is 0 Å². The predicted molar refractivity (Wildman–Crippen MR) is 130 cm³/mol. The topological polar surface area (TPSA) is 57.8 Å². The Morgan fingerprint density at radius 1 is 1.03 bits per heavy atom. The van der Waals surface area contributed by atoms with E-state index in [2.05, 4.69) is 44.9 Å². The van der Waals surface area contributed by atoms with Crippen molar-refractivity contribution in [2.24, 2.45) is 13.0 Å². The van der Waals surface area contributed by atoms with E-state index in [1.54, 1.807) is 6.20 Å². The normalized spacial score (nSPS) is 15.9. The number of ether oxygens (including phenoxy) is 1. The van der Waals surface area contributed by atoms with Crippen LogP contribution in [-0.2, 0) is 11.8 Å². The highest BCUT2D eigenvalue weighted by molar-refractivity contribution is 6.06. The number of hydrogen-bond donors (Lipinski definition) is 0. The van der Waals surface area contributed by atoms with E-state index < -0.39 is 5.95 Å². The summed E-state index contributed by atoms with van der Waals surface area (Å²) < 4.78 is 25.1. The zero-order valence-electron chi connectivity index (χ0n) is 19.3. The van der Waals surface area contributed by atoms with Gasteiger partial charge >= 0.3 is 0 Å². The summed E-state index contributed by atoms with van der Waals surface area (Å²) in [5, 5.41) is 0.471. The largest absolute Gasteiger partial charge is 0.381 e. The SMILES string of the molecule is Cc1ncn(C)c1-c1cnc2c3c(F)nccc3n([C@H](c3ccccc3)C3CCOCC3)c2c1. The van der Waals surface area contributed by atoms with Gasteiger partial charge in [0, 0.05) is 38.2 Å². The molecule has 1 aliphatic heterocycles. The number of rotatable bonds is 4. The first-order valence-electron chi connectivity index (χ1n) is 11.7. The quantitative estimate of drug-likeness (QED) is 0.338. The molecule has 0 N–H and O–H groups in total. The summed E-state index contributed by atoms with van der Waals surface area (Å²) in [6.07, 6.45) is 7.06. The Hall–Kier alpha value is -3.58. The first-order valence-corrected chi connectivity index (χ1v) is 11.7. The van der Waals surface area contributed by atoms with Crippen molar-refractivity contribution >= 4 is 21.9 Å². The second kappa shape index (κ2) is 8.33. The van der Waals surface area contributed by atoms with Gasteiger partial charge in [0.1, 0.15) is 5.52 Å². The molecule has 1 atom stereocenters. The number of nitrogens with zero attached hydrogens (tertiary/aromatic N) is 5. The van der Waals surface area contributed by atoms with Crippen LogP contribution in [0.5, 0.6) is 0 Å². The van der Waals surface area contributed by atoms with Crippen LogP contribution in [-0.4, -0.2) is 37.3 Å². The van der Waals surface area contributed by atoms with E-state index in [0.717, 1.165) is 54.0 Å². The van der Waals surface area contributed by atoms with Crippen LogP contribution >= 0.6 is 0 Å². The van der Waals surface area contributed by atoms with Crippen molar-refractivity contribution in [2.45, 2.75) is 25.8 Å². The van der Waals surface area contributed by atoms with Gasteiger partial charge in [-0.25, -0.2) is 9.97 Å². The molecule has 5 heterocycles. The van der Waals surface area contributed by atoms with Gasteiger partial charge in [0.2, 0.25) is 5.95 Å². The number of imidazole rings is 1. The van der Waals surface area contributed by atoms with Crippen LogP contribution in [0.4, 0.5) is 4.39 Å². The van der Waals surface area contributed by atoms with Crippen LogP contribution in [0.1, 0.15) is 30.1 Å². The Labute approximate surface area is 197 Å². The molecule has 0 aliphatic carbocycles. The lowest BCUT2D eigenvalue weighted by atomic mass is 9.86. The summed E-state index contributed by atoms with van der Waals surface area (Å²) in [5.74, 6) is -0.134. The summed E-state index contributed by atoms with van der Waals surface area (Å²) >= 11 is 0. The van der Waals surface area contributed by atoms with E-state index in [0.29, 0.717) is 16.8 Å². The van der Waals surface area contributed by atoms with Gasteiger partial charge in [0.05, 0.1) is 40.2 Å². The minimum atomic E-state index is -0.489. The fraction of sp³-hybridized carbons (Fsp3) is 0.296. The Morgan fingerprint density at radius 3 is 2.56 bits per heavy atom. The van der Waals surface area contributed by atoms with Gasteiger partial charge in [-0.3, -0.25) is 4.98 Å². The fourth-order valence-electron chi connectivity index (χ4n) is 5.51. The van der Waals surface area contributed by atoms with Gasteiger partial charge in [-0.2, -0.15) is 4.39 Å². The molecule has 1 aliphatic rings. The maximum atomic E-state index is 15.1. The highest BCUT2D eigenvalue weighted by Gasteiger charge is 2.31. The molecule has 0 radical (unpaired) electrons. The van der Waals surface area contributed by atoms with Gasteiger partial charge in [-0.05, 0) is 43.4 Å².